The van der Waals surface area contributed by atoms with Gasteiger partial charge in [0.2, 0.25) is 5.91 Å². The first-order chi connectivity index (χ1) is 10.2. The van der Waals surface area contributed by atoms with Gasteiger partial charge in [0.15, 0.2) is 5.17 Å². The third-order valence-corrected chi connectivity index (χ3v) is 4.86. The summed E-state index contributed by atoms with van der Waals surface area (Å²) in [7, 11) is 0. The van der Waals surface area contributed by atoms with Gasteiger partial charge in [-0.15, -0.1) is 0 Å². The van der Waals surface area contributed by atoms with Crippen molar-refractivity contribution in [3.05, 3.63) is 11.1 Å². The molecule has 0 radical (unpaired) electrons. The molecule has 0 fully saturated rings. The number of carbonyl (C=O) groups is 1. The number of aliphatic imine (C=N–C) groups is 1. The van der Waals surface area contributed by atoms with Gasteiger partial charge in [0, 0.05) is 18.8 Å². The van der Waals surface area contributed by atoms with Crippen LogP contribution in [0.2, 0.25) is 0 Å². The lowest BCUT2D eigenvalue weighted by molar-refractivity contribution is -0.120. The van der Waals surface area contributed by atoms with Crippen molar-refractivity contribution in [3.8, 4) is 0 Å². The van der Waals surface area contributed by atoms with E-state index < -0.39 is 0 Å². The van der Waals surface area contributed by atoms with Crippen molar-refractivity contribution in [1.82, 2.24) is 15.1 Å². The van der Waals surface area contributed by atoms with Gasteiger partial charge in [0.1, 0.15) is 0 Å². The predicted octanol–water partition coefficient (Wildman–Crippen LogP) is 1.87. The quantitative estimate of drug-likeness (QED) is 0.661. The Kier molecular flexibility index (Phi) is 6.57. The van der Waals surface area contributed by atoms with Crippen molar-refractivity contribution in [2.75, 3.05) is 39.3 Å². The number of rotatable bonds is 9. The van der Waals surface area contributed by atoms with E-state index in [1.807, 2.05) is 0 Å². The van der Waals surface area contributed by atoms with Crippen molar-refractivity contribution in [2.45, 2.75) is 33.1 Å². The van der Waals surface area contributed by atoms with Gasteiger partial charge in [-0.25, -0.2) is 0 Å². The number of hydrogen-bond donors (Lipinski definition) is 1. The Hall–Kier alpha value is -1.01. The Morgan fingerprint density at radius 3 is 3.00 bits per heavy atom. The molecule has 0 saturated carbocycles. The van der Waals surface area contributed by atoms with Gasteiger partial charge in [-0.1, -0.05) is 25.6 Å². The molecule has 1 N–H and O–H groups in total. The zero-order valence-corrected chi connectivity index (χ0v) is 13.9. The minimum atomic E-state index is 0.123. The third-order valence-electron chi connectivity index (χ3n) is 3.91. The summed E-state index contributed by atoms with van der Waals surface area (Å²) in [5.74, 6) is 0.123. The third kappa shape index (κ3) is 4.74. The molecular formula is C15H26N4OS. The molecule has 2 aliphatic heterocycles. The highest BCUT2D eigenvalue weighted by Gasteiger charge is 2.27. The molecule has 6 heteroatoms. The minimum Gasteiger partial charge on any atom is -0.356 e. The molecular weight excluding hydrogens is 284 g/mol. The summed E-state index contributed by atoms with van der Waals surface area (Å²) >= 11 is 1.63. The number of amides is 1. The van der Waals surface area contributed by atoms with Crippen LogP contribution >= 0.6 is 11.8 Å². The zero-order chi connectivity index (χ0) is 15.1. The minimum absolute atomic E-state index is 0.123. The van der Waals surface area contributed by atoms with E-state index in [2.05, 4.69) is 39.4 Å². The summed E-state index contributed by atoms with van der Waals surface area (Å²) in [4.78, 5) is 20.9. The lowest BCUT2D eigenvalue weighted by Gasteiger charge is -2.18. The first kappa shape index (κ1) is 16.4. The lowest BCUT2D eigenvalue weighted by Crippen LogP contribution is -2.29. The molecule has 0 aromatic heterocycles. The normalized spacial score (nSPS) is 17.0. The Bertz CT molecular complexity index is 418. The van der Waals surface area contributed by atoms with Crippen molar-refractivity contribution in [1.29, 1.82) is 0 Å². The average Bonchev–Trinajstić information content (AvgIpc) is 3.08. The fourth-order valence-corrected chi connectivity index (χ4v) is 3.52. The summed E-state index contributed by atoms with van der Waals surface area (Å²) in [5.41, 5.74) is 1.09. The van der Waals surface area contributed by atoms with Crippen LogP contribution in [0.1, 0.15) is 33.1 Å². The van der Waals surface area contributed by atoms with Crippen molar-refractivity contribution in [2.24, 2.45) is 4.99 Å². The maximum atomic E-state index is 12.0. The van der Waals surface area contributed by atoms with Crippen molar-refractivity contribution < 1.29 is 4.79 Å². The molecule has 1 amide bonds. The summed E-state index contributed by atoms with van der Waals surface area (Å²) in [6.45, 7) is 10.3. The van der Waals surface area contributed by atoms with Crippen LogP contribution in [0.5, 0.6) is 0 Å². The van der Waals surface area contributed by atoms with E-state index in [1.165, 1.54) is 0 Å². The summed E-state index contributed by atoms with van der Waals surface area (Å²) in [5, 5.41) is 6.13. The second-order valence-electron chi connectivity index (χ2n) is 5.30. The monoisotopic (exact) mass is 310 g/mol. The maximum absolute atomic E-state index is 12.0. The van der Waals surface area contributed by atoms with Gasteiger partial charge in [-0.2, -0.15) is 0 Å². The molecule has 0 bridgehead atoms. The van der Waals surface area contributed by atoms with Crippen molar-refractivity contribution >= 4 is 22.8 Å². The molecule has 0 saturated heterocycles. The maximum Gasteiger partial charge on any atom is 0.225 e. The van der Waals surface area contributed by atoms with Gasteiger partial charge in [0.25, 0.3) is 0 Å². The van der Waals surface area contributed by atoms with Gasteiger partial charge >= 0.3 is 0 Å². The molecule has 0 aliphatic carbocycles. The number of thioether (sulfide) groups is 1. The lowest BCUT2D eigenvalue weighted by atomic mass is 10.2. The zero-order valence-electron chi connectivity index (χ0n) is 13.1. The largest absolute Gasteiger partial charge is 0.356 e. The number of nitrogens with zero attached hydrogens (tertiary/aromatic N) is 3. The average molecular weight is 310 g/mol. The number of amidine groups is 1. The van der Waals surface area contributed by atoms with Crippen LogP contribution in [0.4, 0.5) is 0 Å². The fourth-order valence-electron chi connectivity index (χ4n) is 2.57. The molecule has 5 nitrogen and oxygen atoms in total. The van der Waals surface area contributed by atoms with E-state index >= 15 is 0 Å². The first-order valence-corrected chi connectivity index (χ1v) is 8.79. The van der Waals surface area contributed by atoms with Crippen LogP contribution in [0.15, 0.2) is 16.1 Å². The number of nitrogens with one attached hydrogen (secondary N) is 1. The highest BCUT2D eigenvalue weighted by molar-refractivity contribution is 8.16. The summed E-state index contributed by atoms with van der Waals surface area (Å²) in [6, 6.07) is 0. The Labute approximate surface area is 131 Å². The number of carbonyl (C=O) groups excluding carboxylic acids is 1. The molecule has 0 atom stereocenters. The standard InChI is InChI=1S/C15H26N4OS/c1-3-18(4-2)9-6-5-7-16-14(20)11-13-12-21-15-17-8-10-19(13)15/h12H,3-11H2,1-2H3,(H,16,20). The van der Waals surface area contributed by atoms with Crippen LogP contribution in [0, 0.1) is 0 Å². The molecule has 0 aromatic carbocycles. The van der Waals surface area contributed by atoms with Crippen LogP contribution in [0.3, 0.4) is 0 Å². The molecule has 0 aromatic rings. The van der Waals surface area contributed by atoms with Crippen LogP contribution in [0.25, 0.3) is 0 Å². The van der Waals surface area contributed by atoms with E-state index in [9.17, 15) is 4.79 Å². The van der Waals surface area contributed by atoms with Crippen LogP contribution in [-0.2, 0) is 4.79 Å². The Morgan fingerprint density at radius 2 is 2.24 bits per heavy atom. The molecule has 2 aliphatic rings. The SMILES string of the molecule is CCN(CC)CCCCNC(=O)CC1=CSC2=NCCN12. The second kappa shape index (κ2) is 8.44. The molecule has 118 valence electrons. The van der Waals surface area contributed by atoms with Gasteiger partial charge in [-0.3, -0.25) is 9.79 Å². The fraction of sp³-hybridized carbons (Fsp3) is 0.733. The highest BCUT2D eigenvalue weighted by Crippen LogP contribution is 2.30. The smallest absolute Gasteiger partial charge is 0.225 e. The first-order valence-electron chi connectivity index (χ1n) is 7.91. The molecule has 2 rings (SSSR count). The predicted molar refractivity (Wildman–Crippen MR) is 89.3 cm³/mol. The summed E-state index contributed by atoms with van der Waals surface area (Å²) in [6.07, 6.45) is 2.66. The number of fused-ring (bicyclic) bond motifs is 1. The van der Waals surface area contributed by atoms with E-state index in [4.69, 9.17) is 0 Å². The second-order valence-corrected chi connectivity index (χ2v) is 6.14. The van der Waals surface area contributed by atoms with Gasteiger partial charge < -0.3 is 15.1 Å². The molecule has 21 heavy (non-hydrogen) atoms. The molecule has 2 heterocycles. The van der Waals surface area contributed by atoms with E-state index in [0.29, 0.717) is 6.42 Å². The van der Waals surface area contributed by atoms with Crippen LogP contribution < -0.4 is 5.32 Å². The molecule has 0 spiro atoms. The Balaban J connectivity index is 1.57. The van der Waals surface area contributed by atoms with E-state index in [0.717, 1.165) is 63.0 Å². The van der Waals surface area contributed by atoms with Gasteiger partial charge in [-0.05, 0) is 37.9 Å². The van der Waals surface area contributed by atoms with Crippen molar-refractivity contribution in [3.63, 3.8) is 0 Å². The Morgan fingerprint density at radius 1 is 1.43 bits per heavy atom. The van der Waals surface area contributed by atoms with E-state index in [1.54, 1.807) is 11.8 Å². The van der Waals surface area contributed by atoms with E-state index in [-0.39, 0.29) is 5.91 Å². The number of hydrogen-bond acceptors (Lipinski definition) is 5. The molecule has 0 unspecified atom stereocenters. The van der Waals surface area contributed by atoms with Gasteiger partial charge in [0.05, 0.1) is 13.0 Å². The summed E-state index contributed by atoms with van der Waals surface area (Å²) < 4.78 is 0. The number of unbranched alkanes of at least 4 members (excludes halogenated alkanes) is 1. The highest BCUT2D eigenvalue weighted by atomic mass is 32.2. The van der Waals surface area contributed by atoms with Crippen LogP contribution in [-0.4, -0.2) is 60.1 Å². The topological polar surface area (TPSA) is 47.9 Å².